The van der Waals surface area contributed by atoms with Gasteiger partial charge in [-0.05, 0) is 23.8 Å². The third-order valence-electron chi connectivity index (χ3n) is 4.57. The number of fused-ring (bicyclic) bond motifs is 1. The average Bonchev–Trinajstić information content (AvgIpc) is 3.13. The van der Waals surface area contributed by atoms with Crippen LogP contribution in [0.1, 0.15) is 16.1 Å². The molecule has 3 heterocycles. The van der Waals surface area contributed by atoms with E-state index in [9.17, 15) is 9.59 Å². The first-order valence-corrected chi connectivity index (χ1v) is 8.64. The van der Waals surface area contributed by atoms with Crippen LogP contribution in [0.2, 0.25) is 0 Å². The number of aromatic nitrogens is 3. The Morgan fingerprint density at radius 3 is 2.93 bits per heavy atom. The van der Waals surface area contributed by atoms with Crippen LogP contribution < -0.4 is 4.74 Å². The smallest absolute Gasteiger partial charge is 0.274 e. The molecule has 8 heteroatoms. The first-order valence-electron chi connectivity index (χ1n) is 8.64. The van der Waals surface area contributed by atoms with Crippen molar-refractivity contribution >= 4 is 17.6 Å². The number of hydrogen-bond acceptors (Lipinski definition) is 5. The second-order valence-corrected chi connectivity index (χ2v) is 6.35. The van der Waals surface area contributed by atoms with Crippen LogP contribution in [0.15, 0.2) is 48.9 Å². The second kappa shape index (κ2) is 7.06. The highest BCUT2D eigenvalue weighted by Gasteiger charge is 2.29. The summed E-state index contributed by atoms with van der Waals surface area (Å²) in [6.07, 6.45) is 5.04. The number of hydrogen-bond donors (Lipinski definition) is 0. The Morgan fingerprint density at radius 1 is 1.26 bits per heavy atom. The summed E-state index contributed by atoms with van der Waals surface area (Å²) in [5.74, 6) is 0.882. The number of carbonyl (C=O) groups excluding carboxylic acids is 2. The van der Waals surface area contributed by atoms with Gasteiger partial charge in [0.2, 0.25) is 11.7 Å². The molecule has 0 atom stereocenters. The fourth-order valence-electron chi connectivity index (χ4n) is 3.14. The molecule has 27 heavy (non-hydrogen) atoms. The molecule has 2 aromatic heterocycles. The lowest BCUT2D eigenvalue weighted by atomic mass is 10.2. The fraction of sp³-hybridized carbons (Fsp3) is 0.263. The number of rotatable bonds is 4. The second-order valence-electron chi connectivity index (χ2n) is 6.35. The van der Waals surface area contributed by atoms with Crippen molar-refractivity contribution in [1.29, 1.82) is 0 Å². The monoisotopic (exact) mass is 365 g/mol. The highest BCUT2D eigenvalue weighted by Crippen LogP contribution is 2.16. The molecule has 3 aromatic rings. The van der Waals surface area contributed by atoms with Crippen molar-refractivity contribution in [2.75, 3.05) is 26.7 Å². The standard InChI is InChI=1S/C19H19N5O3/c1-27-15-5-2-4-14(10-15)11-22-8-9-23(13-17(22)25)18(26)16-12-24-7-3-6-20-19(24)21-16/h2-7,10,12H,8-9,11,13H2,1H3. The van der Waals surface area contributed by atoms with Crippen LogP contribution in [-0.4, -0.2) is 62.7 Å². The number of piperazine rings is 1. The van der Waals surface area contributed by atoms with Crippen LogP contribution in [0.4, 0.5) is 0 Å². The molecule has 0 radical (unpaired) electrons. The maximum Gasteiger partial charge on any atom is 0.274 e. The molecule has 0 aliphatic carbocycles. The Balaban J connectivity index is 1.43. The van der Waals surface area contributed by atoms with Crippen LogP contribution in [0.3, 0.4) is 0 Å². The first kappa shape index (κ1) is 17.0. The molecule has 8 nitrogen and oxygen atoms in total. The van der Waals surface area contributed by atoms with E-state index in [4.69, 9.17) is 4.74 Å². The number of benzene rings is 1. The van der Waals surface area contributed by atoms with Crippen LogP contribution in [0.5, 0.6) is 5.75 Å². The molecule has 0 N–H and O–H groups in total. The summed E-state index contributed by atoms with van der Waals surface area (Å²) in [6.45, 7) is 1.49. The molecular formula is C19H19N5O3. The lowest BCUT2D eigenvalue weighted by Crippen LogP contribution is -2.51. The summed E-state index contributed by atoms with van der Waals surface area (Å²) in [4.78, 5) is 36.9. The molecule has 0 bridgehead atoms. The van der Waals surface area contributed by atoms with Crippen molar-refractivity contribution in [2.45, 2.75) is 6.54 Å². The lowest BCUT2D eigenvalue weighted by Gasteiger charge is -2.34. The van der Waals surface area contributed by atoms with Gasteiger partial charge >= 0.3 is 0 Å². The molecule has 0 unspecified atom stereocenters. The van der Waals surface area contributed by atoms with Crippen LogP contribution in [0.25, 0.3) is 5.78 Å². The minimum absolute atomic E-state index is 0.0457. The van der Waals surface area contributed by atoms with Gasteiger partial charge in [-0.15, -0.1) is 0 Å². The Hall–Kier alpha value is -3.42. The SMILES string of the molecule is COc1cccc(CN2CCN(C(=O)c3cn4cccnc4n3)CC2=O)c1. The molecule has 4 rings (SSSR count). The summed E-state index contributed by atoms with van der Waals surface area (Å²) in [5.41, 5.74) is 1.29. The van der Waals surface area contributed by atoms with Gasteiger partial charge in [-0.2, -0.15) is 0 Å². The zero-order valence-electron chi connectivity index (χ0n) is 14.9. The molecule has 0 saturated carbocycles. The molecule has 1 aromatic carbocycles. The zero-order valence-corrected chi connectivity index (χ0v) is 14.9. The summed E-state index contributed by atoms with van der Waals surface area (Å²) in [5, 5.41) is 0. The Kier molecular flexibility index (Phi) is 4.45. The molecule has 0 spiro atoms. The highest BCUT2D eigenvalue weighted by molar-refractivity contribution is 5.95. The van der Waals surface area contributed by atoms with Gasteiger partial charge in [0.15, 0.2) is 0 Å². The zero-order chi connectivity index (χ0) is 18.8. The van der Waals surface area contributed by atoms with E-state index in [1.54, 1.807) is 41.1 Å². The normalized spacial score (nSPS) is 14.6. The summed E-state index contributed by atoms with van der Waals surface area (Å²) < 4.78 is 6.91. The topological polar surface area (TPSA) is 80.0 Å². The van der Waals surface area contributed by atoms with Crippen LogP contribution in [-0.2, 0) is 11.3 Å². The van der Waals surface area contributed by atoms with E-state index in [0.717, 1.165) is 11.3 Å². The van der Waals surface area contributed by atoms with E-state index in [0.29, 0.717) is 31.1 Å². The van der Waals surface area contributed by atoms with E-state index in [-0.39, 0.29) is 18.4 Å². The van der Waals surface area contributed by atoms with Crippen molar-refractivity contribution in [3.05, 3.63) is 60.2 Å². The summed E-state index contributed by atoms with van der Waals surface area (Å²) >= 11 is 0. The molecule has 138 valence electrons. The highest BCUT2D eigenvalue weighted by atomic mass is 16.5. The predicted octanol–water partition coefficient (Wildman–Crippen LogP) is 1.22. The third-order valence-corrected chi connectivity index (χ3v) is 4.57. The van der Waals surface area contributed by atoms with Gasteiger partial charge in [-0.25, -0.2) is 9.97 Å². The van der Waals surface area contributed by atoms with Crippen molar-refractivity contribution in [3.8, 4) is 5.75 Å². The first-order chi connectivity index (χ1) is 13.1. The number of carbonyl (C=O) groups is 2. The number of ether oxygens (including phenoxy) is 1. The van der Waals surface area contributed by atoms with Crippen LogP contribution >= 0.6 is 0 Å². The maximum atomic E-state index is 12.7. The molecular weight excluding hydrogens is 346 g/mol. The van der Waals surface area contributed by atoms with Gasteiger partial charge in [-0.1, -0.05) is 12.1 Å². The minimum Gasteiger partial charge on any atom is -0.497 e. The number of nitrogens with zero attached hydrogens (tertiary/aromatic N) is 5. The molecule has 1 aliphatic rings. The summed E-state index contributed by atoms with van der Waals surface area (Å²) in [6, 6.07) is 9.40. The predicted molar refractivity (Wildman–Crippen MR) is 97.3 cm³/mol. The van der Waals surface area contributed by atoms with Gasteiger partial charge in [0.05, 0.1) is 7.11 Å². The maximum absolute atomic E-state index is 12.7. The Bertz CT molecular complexity index is 967. The lowest BCUT2D eigenvalue weighted by molar-refractivity contribution is -0.135. The van der Waals surface area contributed by atoms with Gasteiger partial charge in [0.25, 0.3) is 5.91 Å². The number of amides is 2. The molecule has 1 fully saturated rings. The molecule has 2 amide bonds. The van der Waals surface area contributed by atoms with E-state index in [1.165, 1.54) is 4.90 Å². The van der Waals surface area contributed by atoms with E-state index >= 15 is 0 Å². The molecule has 1 aliphatic heterocycles. The van der Waals surface area contributed by atoms with Crippen molar-refractivity contribution in [2.24, 2.45) is 0 Å². The largest absolute Gasteiger partial charge is 0.497 e. The third kappa shape index (κ3) is 3.46. The van der Waals surface area contributed by atoms with E-state index in [1.807, 2.05) is 24.3 Å². The minimum atomic E-state index is -0.255. The van der Waals surface area contributed by atoms with Gasteiger partial charge in [-0.3, -0.25) is 14.0 Å². The van der Waals surface area contributed by atoms with E-state index in [2.05, 4.69) is 9.97 Å². The average molecular weight is 365 g/mol. The Morgan fingerprint density at radius 2 is 2.15 bits per heavy atom. The van der Waals surface area contributed by atoms with Crippen molar-refractivity contribution in [1.82, 2.24) is 24.2 Å². The number of methoxy groups -OCH3 is 1. The quantitative estimate of drug-likeness (QED) is 0.695. The number of imidazole rings is 1. The van der Waals surface area contributed by atoms with Gasteiger partial charge in [0, 0.05) is 38.2 Å². The summed E-state index contributed by atoms with van der Waals surface area (Å²) in [7, 11) is 1.61. The Labute approximate surface area is 156 Å². The fourth-order valence-corrected chi connectivity index (χ4v) is 3.14. The van der Waals surface area contributed by atoms with Crippen molar-refractivity contribution < 1.29 is 14.3 Å². The van der Waals surface area contributed by atoms with Crippen LogP contribution in [0, 0.1) is 0 Å². The van der Waals surface area contributed by atoms with Crippen molar-refractivity contribution in [3.63, 3.8) is 0 Å². The van der Waals surface area contributed by atoms with E-state index < -0.39 is 0 Å². The van der Waals surface area contributed by atoms with Gasteiger partial charge in [0.1, 0.15) is 18.0 Å². The molecule has 1 saturated heterocycles. The van der Waals surface area contributed by atoms with Gasteiger partial charge < -0.3 is 14.5 Å².